The SMILES string of the molecule is CCCCCCCCOc1ccc(C(=O)c2ccccc2)c(O)c1.O=C(c1ccccc1)c1ccc(O)cc1O. The largest absolute Gasteiger partial charge is 0.508 e. The lowest BCUT2D eigenvalue weighted by molar-refractivity contribution is 0.102. The number of unbranched alkanes of at least 4 members (excludes halogenated alkanes) is 5. The van der Waals surface area contributed by atoms with Crippen LogP contribution in [0, 0.1) is 0 Å². The molecule has 4 rings (SSSR count). The molecular formula is C34H36O6. The third kappa shape index (κ3) is 9.02. The van der Waals surface area contributed by atoms with Gasteiger partial charge in [-0.15, -0.1) is 0 Å². The van der Waals surface area contributed by atoms with Crippen molar-refractivity contribution in [3.63, 3.8) is 0 Å². The summed E-state index contributed by atoms with van der Waals surface area (Å²) < 4.78 is 5.66. The van der Waals surface area contributed by atoms with Crippen molar-refractivity contribution in [2.75, 3.05) is 6.61 Å². The molecule has 0 aliphatic heterocycles. The first-order chi connectivity index (χ1) is 19.4. The number of ether oxygens (including phenoxy) is 1. The van der Waals surface area contributed by atoms with E-state index in [9.17, 15) is 19.8 Å². The summed E-state index contributed by atoms with van der Waals surface area (Å²) in [6.07, 6.45) is 7.25. The summed E-state index contributed by atoms with van der Waals surface area (Å²) in [4.78, 5) is 24.3. The monoisotopic (exact) mass is 540 g/mol. The highest BCUT2D eigenvalue weighted by Gasteiger charge is 2.14. The molecule has 0 saturated carbocycles. The molecule has 0 aliphatic carbocycles. The van der Waals surface area contributed by atoms with E-state index in [-0.39, 0.29) is 34.4 Å². The maximum Gasteiger partial charge on any atom is 0.196 e. The number of aromatic hydroxyl groups is 3. The van der Waals surface area contributed by atoms with Gasteiger partial charge in [-0.05, 0) is 30.7 Å². The molecule has 40 heavy (non-hydrogen) atoms. The van der Waals surface area contributed by atoms with Crippen LogP contribution in [0.5, 0.6) is 23.0 Å². The molecule has 208 valence electrons. The summed E-state index contributed by atoms with van der Waals surface area (Å²) in [7, 11) is 0. The van der Waals surface area contributed by atoms with Crippen LogP contribution in [-0.2, 0) is 0 Å². The normalized spacial score (nSPS) is 10.3. The molecule has 0 saturated heterocycles. The Bertz CT molecular complexity index is 1370. The number of hydrogen-bond donors (Lipinski definition) is 3. The van der Waals surface area contributed by atoms with Gasteiger partial charge in [0.2, 0.25) is 0 Å². The first-order valence-corrected chi connectivity index (χ1v) is 13.6. The Morgan fingerprint density at radius 1 is 0.600 bits per heavy atom. The molecule has 0 atom stereocenters. The molecule has 0 aromatic heterocycles. The first-order valence-electron chi connectivity index (χ1n) is 13.6. The van der Waals surface area contributed by atoms with Gasteiger partial charge in [0.1, 0.15) is 23.0 Å². The topological polar surface area (TPSA) is 104 Å². The number of ketones is 2. The summed E-state index contributed by atoms with van der Waals surface area (Å²) in [6.45, 7) is 2.85. The highest BCUT2D eigenvalue weighted by molar-refractivity contribution is 6.11. The number of carbonyl (C=O) groups excluding carboxylic acids is 2. The quantitative estimate of drug-likeness (QED) is 0.126. The van der Waals surface area contributed by atoms with Gasteiger partial charge < -0.3 is 20.1 Å². The lowest BCUT2D eigenvalue weighted by atomic mass is 10.0. The lowest BCUT2D eigenvalue weighted by Crippen LogP contribution is -2.02. The number of phenols is 3. The molecular weight excluding hydrogens is 504 g/mol. The Morgan fingerprint density at radius 2 is 1.10 bits per heavy atom. The zero-order chi connectivity index (χ0) is 28.7. The van der Waals surface area contributed by atoms with Crippen molar-refractivity contribution in [2.24, 2.45) is 0 Å². The van der Waals surface area contributed by atoms with Gasteiger partial charge in [-0.3, -0.25) is 9.59 Å². The Kier molecular flexibility index (Phi) is 11.8. The predicted octanol–water partition coefficient (Wildman–Crippen LogP) is 7.69. The van der Waals surface area contributed by atoms with Crippen LogP contribution in [0.1, 0.15) is 77.3 Å². The van der Waals surface area contributed by atoms with Gasteiger partial charge in [0.25, 0.3) is 0 Å². The molecule has 3 N–H and O–H groups in total. The van der Waals surface area contributed by atoms with E-state index in [1.54, 1.807) is 48.5 Å². The molecule has 6 nitrogen and oxygen atoms in total. The fraction of sp³-hybridized carbons (Fsp3) is 0.235. The van der Waals surface area contributed by atoms with E-state index in [4.69, 9.17) is 9.84 Å². The molecule has 0 unspecified atom stereocenters. The van der Waals surface area contributed by atoms with Crippen LogP contribution in [0.25, 0.3) is 0 Å². The summed E-state index contributed by atoms with van der Waals surface area (Å²) in [6, 6.07) is 26.4. The van der Waals surface area contributed by atoms with Crippen molar-refractivity contribution in [2.45, 2.75) is 45.4 Å². The van der Waals surface area contributed by atoms with E-state index in [0.717, 1.165) is 18.9 Å². The second-order valence-electron chi connectivity index (χ2n) is 9.39. The van der Waals surface area contributed by atoms with E-state index in [1.807, 2.05) is 24.3 Å². The summed E-state index contributed by atoms with van der Waals surface area (Å²) >= 11 is 0. The summed E-state index contributed by atoms with van der Waals surface area (Å²) in [5.74, 6) is -0.167. The minimum absolute atomic E-state index is 0.0377. The van der Waals surface area contributed by atoms with Gasteiger partial charge in [0.05, 0.1) is 17.7 Å². The van der Waals surface area contributed by atoms with E-state index < -0.39 is 0 Å². The Hall–Kier alpha value is -4.58. The van der Waals surface area contributed by atoms with Crippen molar-refractivity contribution >= 4 is 11.6 Å². The van der Waals surface area contributed by atoms with Crippen LogP contribution in [-0.4, -0.2) is 33.5 Å². The van der Waals surface area contributed by atoms with E-state index >= 15 is 0 Å². The first kappa shape index (κ1) is 30.0. The second-order valence-corrected chi connectivity index (χ2v) is 9.39. The van der Waals surface area contributed by atoms with E-state index in [0.29, 0.717) is 29.0 Å². The molecule has 0 aliphatic rings. The lowest BCUT2D eigenvalue weighted by Gasteiger charge is -2.09. The molecule has 0 bridgehead atoms. The van der Waals surface area contributed by atoms with Crippen molar-refractivity contribution in [1.82, 2.24) is 0 Å². The molecule has 0 spiro atoms. The molecule has 4 aromatic carbocycles. The number of carbonyl (C=O) groups is 2. The van der Waals surface area contributed by atoms with Crippen molar-refractivity contribution in [1.29, 1.82) is 0 Å². The average molecular weight is 541 g/mol. The minimum atomic E-state index is -0.266. The number of rotatable bonds is 12. The maximum absolute atomic E-state index is 12.4. The van der Waals surface area contributed by atoms with Crippen LogP contribution in [0.15, 0.2) is 97.1 Å². The molecule has 0 amide bonds. The van der Waals surface area contributed by atoms with Crippen LogP contribution in [0.4, 0.5) is 0 Å². The molecule has 6 heteroatoms. The third-order valence-corrected chi connectivity index (χ3v) is 6.28. The van der Waals surface area contributed by atoms with Crippen molar-refractivity contribution in [3.8, 4) is 23.0 Å². The molecule has 0 fully saturated rings. The smallest absolute Gasteiger partial charge is 0.196 e. The van der Waals surface area contributed by atoms with Gasteiger partial charge in [-0.25, -0.2) is 0 Å². The van der Waals surface area contributed by atoms with Gasteiger partial charge >= 0.3 is 0 Å². The van der Waals surface area contributed by atoms with Crippen molar-refractivity contribution in [3.05, 3.63) is 119 Å². The number of benzene rings is 4. The predicted molar refractivity (Wildman–Crippen MR) is 156 cm³/mol. The summed E-state index contributed by atoms with van der Waals surface area (Å²) in [5.41, 5.74) is 1.55. The van der Waals surface area contributed by atoms with E-state index in [1.165, 1.54) is 43.9 Å². The maximum atomic E-state index is 12.4. The van der Waals surface area contributed by atoms with Crippen LogP contribution < -0.4 is 4.74 Å². The average Bonchev–Trinajstić information content (AvgIpc) is 2.97. The number of hydrogen-bond acceptors (Lipinski definition) is 6. The van der Waals surface area contributed by atoms with Crippen LogP contribution in [0.2, 0.25) is 0 Å². The fourth-order valence-corrected chi connectivity index (χ4v) is 4.07. The van der Waals surface area contributed by atoms with Crippen molar-refractivity contribution < 1.29 is 29.6 Å². The van der Waals surface area contributed by atoms with Gasteiger partial charge in [-0.2, -0.15) is 0 Å². The van der Waals surface area contributed by atoms with Crippen LogP contribution >= 0.6 is 0 Å². The fourth-order valence-electron chi connectivity index (χ4n) is 4.07. The standard InChI is InChI=1S/C21H26O3.C13H10O3/c1-2-3-4-5-6-10-15-24-18-13-14-19(20(22)16-18)21(23)17-11-8-7-9-12-17;14-10-6-7-11(12(15)8-10)13(16)9-4-2-1-3-5-9/h7-9,11-14,16,22H,2-6,10,15H2,1H3;1-8,14-15H. The van der Waals surface area contributed by atoms with Gasteiger partial charge in [0, 0.05) is 23.3 Å². The van der Waals surface area contributed by atoms with Gasteiger partial charge in [0.15, 0.2) is 11.6 Å². The summed E-state index contributed by atoms with van der Waals surface area (Å²) in [5, 5.41) is 28.8. The zero-order valence-electron chi connectivity index (χ0n) is 22.8. The third-order valence-electron chi connectivity index (χ3n) is 6.28. The Balaban J connectivity index is 0.000000238. The molecule has 0 heterocycles. The van der Waals surface area contributed by atoms with Crippen LogP contribution in [0.3, 0.4) is 0 Å². The minimum Gasteiger partial charge on any atom is -0.508 e. The van der Waals surface area contributed by atoms with E-state index in [2.05, 4.69) is 6.92 Å². The second kappa shape index (κ2) is 15.7. The molecule has 4 aromatic rings. The Morgan fingerprint density at radius 3 is 1.62 bits per heavy atom. The molecule has 0 radical (unpaired) electrons. The Labute approximate surface area is 235 Å². The number of phenolic OH excluding ortho intramolecular Hbond substituents is 3. The highest BCUT2D eigenvalue weighted by Crippen LogP contribution is 2.26. The zero-order valence-corrected chi connectivity index (χ0v) is 22.8. The van der Waals surface area contributed by atoms with Gasteiger partial charge in [-0.1, -0.05) is 99.7 Å². The highest BCUT2D eigenvalue weighted by atomic mass is 16.5.